The number of carbonyl (C=O) groups is 1. The van der Waals surface area contributed by atoms with E-state index in [4.69, 9.17) is 11.6 Å². The second kappa shape index (κ2) is 5.58. The van der Waals surface area contributed by atoms with Gasteiger partial charge in [0.2, 0.25) is 0 Å². The van der Waals surface area contributed by atoms with Crippen molar-refractivity contribution < 1.29 is 18.5 Å². The Morgan fingerprint density at radius 3 is 2.60 bits per heavy atom. The fourth-order valence-electron chi connectivity index (χ4n) is 1.57. The van der Waals surface area contributed by atoms with Crippen LogP contribution in [0.5, 0.6) is 0 Å². The molecule has 1 aliphatic carbocycles. The summed E-state index contributed by atoms with van der Waals surface area (Å²) in [5.41, 5.74) is -0.368. The van der Waals surface area contributed by atoms with Gasteiger partial charge in [-0.15, -0.1) is 0 Å². The van der Waals surface area contributed by atoms with Crippen LogP contribution < -0.4 is 10.6 Å². The van der Waals surface area contributed by atoms with Crippen LogP contribution in [0, 0.1) is 10.1 Å². The van der Waals surface area contributed by atoms with Gasteiger partial charge in [-0.1, -0.05) is 11.6 Å². The monoisotopic (exact) mass is 305 g/mol. The molecule has 0 aliphatic heterocycles. The predicted molar refractivity (Wildman–Crippen MR) is 69.4 cm³/mol. The lowest BCUT2D eigenvalue weighted by molar-refractivity contribution is -0.384. The topological polar surface area (TPSA) is 84.3 Å². The van der Waals surface area contributed by atoms with Gasteiger partial charge in [0.05, 0.1) is 16.3 Å². The highest BCUT2D eigenvalue weighted by molar-refractivity contribution is 6.36. The first-order chi connectivity index (χ1) is 9.40. The van der Waals surface area contributed by atoms with E-state index < -0.39 is 22.9 Å². The Morgan fingerprint density at radius 2 is 2.10 bits per heavy atom. The molecule has 20 heavy (non-hydrogen) atoms. The number of nitro benzene ring substituents is 1. The van der Waals surface area contributed by atoms with Gasteiger partial charge >= 0.3 is 6.43 Å². The first-order valence-electron chi connectivity index (χ1n) is 5.72. The molecule has 0 spiro atoms. The van der Waals surface area contributed by atoms with Gasteiger partial charge in [-0.05, 0) is 18.9 Å². The van der Waals surface area contributed by atoms with Crippen LogP contribution in [0.15, 0.2) is 12.1 Å². The van der Waals surface area contributed by atoms with E-state index in [0.29, 0.717) is 0 Å². The van der Waals surface area contributed by atoms with Gasteiger partial charge in [0, 0.05) is 12.1 Å². The van der Waals surface area contributed by atoms with Gasteiger partial charge in [0.15, 0.2) is 0 Å². The van der Waals surface area contributed by atoms with Gasteiger partial charge in [-0.25, -0.2) is 0 Å². The lowest BCUT2D eigenvalue weighted by Gasteiger charge is -2.14. The Hall–Kier alpha value is -1.96. The van der Waals surface area contributed by atoms with Crippen molar-refractivity contribution in [2.45, 2.75) is 25.3 Å². The van der Waals surface area contributed by atoms with Crippen LogP contribution in [0.4, 0.5) is 25.8 Å². The van der Waals surface area contributed by atoms with Crippen LogP contribution in [0.2, 0.25) is 5.02 Å². The molecule has 0 radical (unpaired) electrons. The van der Waals surface area contributed by atoms with E-state index in [9.17, 15) is 23.7 Å². The Bertz CT molecular complexity index is 564. The van der Waals surface area contributed by atoms with Crippen LogP contribution >= 0.6 is 11.6 Å². The average molecular weight is 306 g/mol. The van der Waals surface area contributed by atoms with Crippen molar-refractivity contribution in [3.63, 3.8) is 0 Å². The maximum atomic E-state index is 12.3. The minimum absolute atomic E-state index is 0.162. The summed E-state index contributed by atoms with van der Waals surface area (Å²) in [6.07, 6.45) is -1.44. The van der Waals surface area contributed by atoms with Crippen LogP contribution in [0.3, 0.4) is 0 Å². The van der Waals surface area contributed by atoms with Gasteiger partial charge in [0.25, 0.3) is 11.6 Å². The largest absolute Gasteiger partial charge is 0.381 e. The van der Waals surface area contributed by atoms with E-state index in [1.807, 2.05) is 5.32 Å². The molecule has 1 amide bonds. The number of anilines is 2. The summed E-state index contributed by atoms with van der Waals surface area (Å²) in [7, 11) is 0. The third-order valence-electron chi connectivity index (χ3n) is 2.70. The zero-order valence-corrected chi connectivity index (χ0v) is 10.8. The number of nitrogens with one attached hydrogen (secondary N) is 2. The van der Waals surface area contributed by atoms with Crippen LogP contribution in [-0.2, 0) is 4.79 Å². The van der Waals surface area contributed by atoms with E-state index in [0.717, 1.165) is 18.9 Å². The first kappa shape index (κ1) is 14.4. The van der Waals surface area contributed by atoms with Crippen LogP contribution in [0.1, 0.15) is 12.8 Å². The lowest BCUT2D eigenvalue weighted by atomic mass is 10.2. The summed E-state index contributed by atoms with van der Waals surface area (Å²) in [4.78, 5) is 21.1. The smallest absolute Gasteiger partial charge is 0.315 e. The van der Waals surface area contributed by atoms with Gasteiger partial charge < -0.3 is 10.6 Å². The number of nitrogens with zero attached hydrogens (tertiary/aromatic N) is 1. The summed E-state index contributed by atoms with van der Waals surface area (Å²) < 4.78 is 24.6. The Morgan fingerprint density at radius 1 is 1.45 bits per heavy atom. The molecule has 1 aliphatic rings. The van der Waals surface area contributed by atoms with Crippen LogP contribution in [0.25, 0.3) is 0 Å². The van der Waals surface area contributed by atoms with E-state index >= 15 is 0 Å². The molecule has 108 valence electrons. The summed E-state index contributed by atoms with van der Waals surface area (Å²) in [5.74, 6) is -1.56. The molecule has 2 rings (SSSR count). The van der Waals surface area contributed by atoms with Crippen molar-refractivity contribution in [2.75, 3.05) is 10.6 Å². The Balaban J connectivity index is 2.38. The molecule has 0 unspecified atom stereocenters. The van der Waals surface area contributed by atoms with Crippen LogP contribution in [-0.4, -0.2) is 23.3 Å². The number of hydrogen-bond donors (Lipinski definition) is 2. The standard InChI is InChI=1S/C11H10ClF2N3O3/c12-8-7(17(19)20)4-3-6(15-5-1-2-5)9(8)16-11(18)10(13)14/h3-5,10,15H,1-2H2,(H,16,18). The quantitative estimate of drug-likeness (QED) is 0.647. The minimum atomic E-state index is -3.24. The molecular weight excluding hydrogens is 296 g/mol. The molecule has 9 heteroatoms. The first-order valence-corrected chi connectivity index (χ1v) is 6.10. The van der Waals surface area contributed by atoms with E-state index in [1.54, 1.807) is 0 Å². The molecule has 1 aromatic rings. The molecule has 0 heterocycles. The fraction of sp³-hybridized carbons (Fsp3) is 0.364. The molecule has 0 aromatic heterocycles. The number of alkyl halides is 2. The zero-order valence-electron chi connectivity index (χ0n) is 10.0. The zero-order chi connectivity index (χ0) is 14.9. The van der Waals surface area contributed by atoms with Gasteiger partial charge in [-0.3, -0.25) is 14.9 Å². The van der Waals surface area contributed by atoms with E-state index in [2.05, 4.69) is 5.32 Å². The summed E-state index contributed by atoms with van der Waals surface area (Å²) in [5, 5.41) is 15.3. The van der Waals surface area contributed by atoms with Crippen molar-refractivity contribution in [2.24, 2.45) is 0 Å². The molecular formula is C11H10ClF2N3O3. The molecule has 1 saturated carbocycles. The highest BCUT2D eigenvalue weighted by Crippen LogP contribution is 2.40. The number of benzene rings is 1. The maximum Gasteiger partial charge on any atom is 0.315 e. The number of nitro groups is 1. The molecule has 0 saturated heterocycles. The molecule has 2 N–H and O–H groups in total. The molecule has 0 bridgehead atoms. The lowest BCUT2D eigenvalue weighted by Crippen LogP contribution is -2.21. The second-order valence-electron chi connectivity index (χ2n) is 4.29. The normalized spacial score (nSPS) is 14.2. The number of amides is 1. The Labute approximate surface area is 117 Å². The van der Waals surface area contributed by atoms with Gasteiger partial charge in [-0.2, -0.15) is 8.78 Å². The van der Waals surface area contributed by atoms with Crippen molar-refractivity contribution in [1.29, 1.82) is 0 Å². The van der Waals surface area contributed by atoms with E-state index in [-0.39, 0.29) is 22.4 Å². The molecule has 0 atom stereocenters. The SMILES string of the molecule is O=C(Nc1c(NC2CC2)ccc([N+](=O)[O-])c1Cl)C(F)F. The van der Waals surface area contributed by atoms with Gasteiger partial charge in [0.1, 0.15) is 5.02 Å². The fourth-order valence-corrected chi connectivity index (χ4v) is 1.85. The van der Waals surface area contributed by atoms with Crippen molar-refractivity contribution in [3.8, 4) is 0 Å². The summed E-state index contributed by atoms with van der Waals surface area (Å²) >= 11 is 5.82. The highest BCUT2D eigenvalue weighted by Gasteiger charge is 2.27. The van der Waals surface area contributed by atoms with Crippen molar-refractivity contribution in [1.82, 2.24) is 0 Å². The third kappa shape index (κ3) is 3.13. The minimum Gasteiger partial charge on any atom is -0.381 e. The maximum absolute atomic E-state index is 12.3. The highest BCUT2D eigenvalue weighted by atomic mass is 35.5. The number of rotatable bonds is 5. The molecule has 6 nitrogen and oxygen atoms in total. The van der Waals surface area contributed by atoms with Crippen molar-refractivity contribution >= 4 is 34.6 Å². The number of carbonyl (C=O) groups excluding carboxylic acids is 1. The Kier molecular flexibility index (Phi) is 4.03. The number of halogens is 3. The third-order valence-corrected chi connectivity index (χ3v) is 3.08. The molecule has 1 fully saturated rings. The van der Waals surface area contributed by atoms with Crippen molar-refractivity contribution in [3.05, 3.63) is 27.3 Å². The summed E-state index contributed by atoms with van der Waals surface area (Å²) in [6.45, 7) is 0. The predicted octanol–water partition coefficient (Wildman–Crippen LogP) is 3.03. The second-order valence-corrected chi connectivity index (χ2v) is 4.66. The average Bonchev–Trinajstić information content (AvgIpc) is 3.16. The number of hydrogen-bond acceptors (Lipinski definition) is 4. The van der Waals surface area contributed by atoms with E-state index in [1.165, 1.54) is 6.07 Å². The molecule has 1 aromatic carbocycles. The summed E-state index contributed by atoms with van der Waals surface area (Å²) in [6, 6.07) is 2.66.